The van der Waals surface area contributed by atoms with Crippen molar-refractivity contribution >= 4 is 33.1 Å². The predicted molar refractivity (Wildman–Crippen MR) is 91.6 cm³/mol. The van der Waals surface area contributed by atoms with Crippen LogP contribution in [0.2, 0.25) is 0 Å². The molecule has 1 aromatic heterocycles. The Morgan fingerprint density at radius 3 is 2.95 bits per heavy atom. The first-order chi connectivity index (χ1) is 10.1. The van der Waals surface area contributed by atoms with E-state index in [2.05, 4.69) is 17.0 Å². The van der Waals surface area contributed by atoms with Crippen LogP contribution in [-0.4, -0.2) is 32.5 Å². The van der Waals surface area contributed by atoms with Gasteiger partial charge in [-0.3, -0.25) is 0 Å². The second-order valence-electron chi connectivity index (χ2n) is 5.29. The van der Waals surface area contributed by atoms with Crippen LogP contribution in [0.3, 0.4) is 0 Å². The first-order valence-corrected chi connectivity index (χ1v) is 10.9. The number of hydrogen-bond acceptors (Lipinski definition) is 5. The van der Waals surface area contributed by atoms with Gasteiger partial charge in [-0.05, 0) is 48.6 Å². The van der Waals surface area contributed by atoms with E-state index in [0.717, 1.165) is 37.2 Å². The van der Waals surface area contributed by atoms with Crippen LogP contribution in [-0.2, 0) is 16.6 Å². The summed E-state index contributed by atoms with van der Waals surface area (Å²) in [7, 11) is -3.34. The van der Waals surface area contributed by atoms with Gasteiger partial charge in [-0.15, -0.1) is 11.3 Å². The lowest BCUT2D eigenvalue weighted by atomic mass is 10.2. The number of sulfonamides is 1. The Hall–Kier alpha value is -0.0800. The van der Waals surface area contributed by atoms with Gasteiger partial charge in [-0.25, -0.2) is 13.1 Å². The Labute approximate surface area is 136 Å². The van der Waals surface area contributed by atoms with E-state index in [1.165, 1.54) is 24.2 Å². The minimum Gasteiger partial charge on any atom is -0.313 e. The first kappa shape index (κ1) is 17.3. The van der Waals surface area contributed by atoms with E-state index in [0.29, 0.717) is 16.0 Å². The van der Waals surface area contributed by atoms with Gasteiger partial charge in [0.25, 0.3) is 0 Å². The van der Waals surface area contributed by atoms with Crippen molar-refractivity contribution in [2.24, 2.45) is 0 Å². The standard InChI is InChI=1S/C14H24N2O2S3/c1-2-6-15-9-12-8-14(20-11-12)21(17,18)16-10-13-5-3-4-7-19-13/h8,11,13,15-16H,2-7,9-10H2,1H3. The highest BCUT2D eigenvalue weighted by Gasteiger charge is 2.20. The number of thioether (sulfide) groups is 1. The molecule has 120 valence electrons. The van der Waals surface area contributed by atoms with Gasteiger partial charge in [0.2, 0.25) is 10.0 Å². The average molecular weight is 349 g/mol. The quantitative estimate of drug-likeness (QED) is 0.709. The average Bonchev–Trinajstić information content (AvgIpc) is 2.96. The number of nitrogens with one attached hydrogen (secondary N) is 2. The van der Waals surface area contributed by atoms with Crippen molar-refractivity contribution in [2.45, 2.75) is 48.6 Å². The number of hydrogen-bond donors (Lipinski definition) is 2. The van der Waals surface area contributed by atoms with Gasteiger partial charge in [0, 0.05) is 18.3 Å². The van der Waals surface area contributed by atoms with Crippen LogP contribution < -0.4 is 10.0 Å². The molecule has 0 amide bonds. The van der Waals surface area contributed by atoms with Gasteiger partial charge in [-0.1, -0.05) is 13.3 Å². The molecule has 1 aromatic rings. The highest BCUT2D eigenvalue weighted by atomic mass is 32.2. The molecule has 1 fully saturated rings. The van der Waals surface area contributed by atoms with Crippen LogP contribution in [0.5, 0.6) is 0 Å². The molecular weight excluding hydrogens is 324 g/mol. The minimum atomic E-state index is -3.34. The summed E-state index contributed by atoms with van der Waals surface area (Å²) in [5.41, 5.74) is 1.04. The Kier molecular flexibility index (Phi) is 7.01. The molecular formula is C14H24N2O2S3. The van der Waals surface area contributed by atoms with E-state index in [9.17, 15) is 8.42 Å². The van der Waals surface area contributed by atoms with Crippen LogP contribution in [0.1, 0.15) is 38.2 Å². The molecule has 1 aliphatic rings. The second kappa shape index (κ2) is 8.53. The van der Waals surface area contributed by atoms with Crippen LogP contribution in [0.4, 0.5) is 0 Å². The topological polar surface area (TPSA) is 58.2 Å². The molecule has 0 aliphatic carbocycles. The third kappa shape index (κ3) is 5.56. The Bertz CT molecular complexity index is 522. The molecule has 1 atom stereocenters. The third-order valence-corrected chi connectivity index (χ3v) is 7.74. The van der Waals surface area contributed by atoms with Gasteiger partial charge >= 0.3 is 0 Å². The fourth-order valence-electron chi connectivity index (χ4n) is 2.24. The van der Waals surface area contributed by atoms with Crippen molar-refractivity contribution in [3.8, 4) is 0 Å². The lowest BCUT2D eigenvalue weighted by molar-refractivity contribution is 0.575. The van der Waals surface area contributed by atoms with Crippen molar-refractivity contribution in [3.05, 3.63) is 17.0 Å². The molecule has 21 heavy (non-hydrogen) atoms. The summed E-state index contributed by atoms with van der Waals surface area (Å²) in [6, 6.07) is 1.78. The zero-order valence-electron chi connectivity index (χ0n) is 12.4. The lowest BCUT2D eigenvalue weighted by Crippen LogP contribution is -2.31. The summed E-state index contributed by atoms with van der Waals surface area (Å²) >= 11 is 3.19. The van der Waals surface area contributed by atoms with Crippen molar-refractivity contribution < 1.29 is 8.42 Å². The maximum atomic E-state index is 12.3. The van der Waals surface area contributed by atoms with E-state index in [4.69, 9.17) is 0 Å². The molecule has 0 saturated carbocycles. The summed E-state index contributed by atoms with van der Waals surface area (Å²) in [5.74, 6) is 1.15. The van der Waals surface area contributed by atoms with Crippen LogP contribution in [0.15, 0.2) is 15.7 Å². The molecule has 0 aromatic carbocycles. The number of rotatable bonds is 8. The Morgan fingerprint density at radius 2 is 2.24 bits per heavy atom. The summed E-state index contributed by atoms with van der Waals surface area (Å²) in [6.45, 7) is 4.35. The van der Waals surface area contributed by atoms with Gasteiger partial charge in [0.1, 0.15) is 4.21 Å². The van der Waals surface area contributed by atoms with Crippen molar-refractivity contribution in [1.29, 1.82) is 0 Å². The summed E-state index contributed by atoms with van der Waals surface area (Å²) in [5, 5.41) is 5.64. The minimum absolute atomic E-state index is 0.427. The summed E-state index contributed by atoms with van der Waals surface area (Å²) in [4.78, 5) is 0. The van der Waals surface area contributed by atoms with E-state index < -0.39 is 10.0 Å². The van der Waals surface area contributed by atoms with E-state index in [1.54, 1.807) is 6.07 Å². The fourth-order valence-corrected chi connectivity index (χ4v) is 5.92. The molecule has 1 saturated heterocycles. The maximum absolute atomic E-state index is 12.3. The molecule has 1 unspecified atom stereocenters. The fraction of sp³-hybridized carbons (Fsp3) is 0.714. The zero-order valence-corrected chi connectivity index (χ0v) is 14.9. The van der Waals surface area contributed by atoms with Crippen LogP contribution in [0, 0.1) is 0 Å². The highest BCUT2D eigenvalue weighted by molar-refractivity contribution is 8.00. The normalized spacial score (nSPS) is 19.8. The molecule has 4 nitrogen and oxygen atoms in total. The van der Waals surface area contributed by atoms with Crippen LogP contribution in [0.25, 0.3) is 0 Å². The second-order valence-corrected chi connectivity index (χ2v) is 9.60. The smallest absolute Gasteiger partial charge is 0.250 e. The molecule has 0 spiro atoms. The van der Waals surface area contributed by atoms with E-state index in [-0.39, 0.29) is 0 Å². The van der Waals surface area contributed by atoms with Crippen LogP contribution >= 0.6 is 23.1 Å². The predicted octanol–water partition coefficient (Wildman–Crippen LogP) is 2.81. The third-order valence-electron chi connectivity index (χ3n) is 3.43. The monoisotopic (exact) mass is 348 g/mol. The van der Waals surface area contributed by atoms with Gasteiger partial charge < -0.3 is 5.32 Å². The Balaban J connectivity index is 1.86. The highest BCUT2D eigenvalue weighted by Crippen LogP contribution is 2.25. The molecule has 2 N–H and O–H groups in total. The van der Waals surface area contributed by atoms with Crippen molar-refractivity contribution in [3.63, 3.8) is 0 Å². The number of thiophene rings is 1. The molecule has 0 radical (unpaired) electrons. The molecule has 2 heterocycles. The SMILES string of the molecule is CCCNCc1csc(S(=O)(=O)NCC2CCCCS2)c1. The van der Waals surface area contributed by atoms with Crippen molar-refractivity contribution in [2.75, 3.05) is 18.8 Å². The Morgan fingerprint density at radius 1 is 1.38 bits per heavy atom. The molecule has 7 heteroatoms. The van der Waals surface area contributed by atoms with Gasteiger partial charge in [0.15, 0.2) is 0 Å². The van der Waals surface area contributed by atoms with E-state index >= 15 is 0 Å². The summed E-state index contributed by atoms with van der Waals surface area (Å²) < 4.78 is 27.8. The molecule has 0 bridgehead atoms. The molecule has 2 rings (SSSR count). The summed E-state index contributed by atoms with van der Waals surface area (Å²) in [6.07, 6.45) is 4.67. The lowest BCUT2D eigenvalue weighted by Gasteiger charge is -2.21. The van der Waals surface area contributed by atoms with Crippen molar-refractivity contribution in [1.82, 2.24) is 10.0 Å². The molecule has 1 aliphatic heterocycles. The largest absolute Gasteiger partial charge is 0.313 e. The maximum Gasteiger partial charge on any atom is 0.250 e. The zero-order chi connectivity index (χ0) is 15.1. The van der Waals surface area contributed by atoms with Gasteiger partial charge in [-0.2, -0.15) is 11.8 Å². The first-order valence-electron chi connectivity index (χ1n) is 7.51. The van der Waals surface area contributed by atoms with Gasteiger partial charge in [0.05, 0.1) is 0 Å². The van der Waals surface area contributed by atoms with E-state index in [1.807, 2.05) is 17.1 Å².